The average molecular weight is 425 g/mol. The predicted molar refractivity (Wildman–Crippen MR) is 113 cm³/mol. The molecule has 7 nitrogen and oxygen atoms in total. The van der Waals surface area contributed by atoms with Crippen molar-refractivity contribution in [1.29, 1.82) is 0 Å². The third-order valence-corrected chi connectivity index (χ3v) is 6.20. The summed E-state index contributed by atoms with van der Waals surface area (Å²) in [5.74, 6) is -1.27. The van der Waals surface area contributed by atoms with Crippen LogP contribution < -0.4 is 4.74 Å². The van der Waals surface area contributed by atoms with Crippen molar-refractivity contribution in [2.45, 2.75) is 56.9 Å². The molecule has 0 unspecified atom stereocenters. The molecule has 2 aromatic rings. The van der Waals surface area contributed by atoms with E-state index in [0.29, 0.717) is 16.7 Å². The Labute approximate surface area is 181 Å². The Morgan fingerprint density at radius 2 is 1.81 bits per heavy atom. The molecule has 31 heavy (non-hydrogen) atoms. The second kappa shape index (κ2) is 8.98. The first-order valence-corrected chi connectivity index (χ1v) is 10.6. The summed E-state index contributed by atoms with van der Waals surface area (Å²) in [5, 5.41) is 20.4. The van der Waals surface area contributed by atoms with Gasteiger partial charge in [0.15, 0.2) is 17.6 Å². The quantitative estimate of drug-likeness (QED) is 0.736. The second-order valence-electron chi connectivity index (χ2n) is 8.11. The first-order chi connectivity index (χ1) is 15.0. The van der Waals surface area contributed by atoms with Crippen LogP contribution in [-0.4, -0.2) is 46.2 Å². The fourth-order valence-electron chi connectivity index (χ4n) is 4.52. The summed E-state index contributed by atoms with van der Waals surface area (Å²) in [6.45, 7) is 0.0834. The second-order valence-corrected chi connectivity index (χ2v) is 8.11. The summed E-state index contributed by atoms with van der Waals surface area (Å²) in [5.41, 5.74) is 1.92. The molecule has 1 aliphatic heterocycles. The number of carboxylic acids is 1. The third-order valence-electron chi connectivity index (χ3n) is 6.20. The van der Waals surface area contributed by atoms with Gasteiger partial charge < -0.3 is 24.6 Å². The van der Waals surface area contributed by atoms with Crippen molar-refractivity contribution in [1.82, 2.24) is 4.90 Å². The van der Waals surface area contributed by atoms with Crippen molar-refractivity contribution in [3.63, 3.8) is 0 Å². The van der Waals surface area contributed by atoms with Gasteiger partial charge >= 0.3 is 5.97 Å². The fraction of sp³-hybridized carbons (Fsp3) is 0.417. The van der Waals surface area contributed by atoms with Gasteiger partial charge in [0.25, 0.3) is 5.91 Å². The number of benzene rings is 2. The van der Waals surface area contributed by atoms with Crippen molar-refractivity contribution in [2.24, 2.45) is 0 Å². The van der Waals surface area contributed by atoms with Gasteiger partial charge in [0, 0.05) is 18.5 Å². The largest absolute Gasteiger partial charge is 0.504 e. The number of phenolic OH excluding ortho intramolecular Hbond substituents is 1. The predicted octanol–water partition coefficient (Wildman–Crippen LogP) is 3.44. The van der Waals surface area contributed by atoms with Crippen molar-refractivity contribution in [3.8, 4) is 11.5 Å². The van der Waals surface area contributed by atoms with E-state index in [1.54, 1.807) is 12.1 Å². The Bertz CT molecular complexity index is 954. The van der Waals surface area contributed by atoms with Gasteiger partial charge in [-0.2, -0.15) is 0 Å². The van der Waals surface area contributed by atoms with Gasteiger partial charge in [-0.15, -0.1) is 0 Å². The highest BCUT2D eigenvalue weighted by Crippen LogP contribution is 2.38. The molecule has 1 saturated carbocycles. The number of rotatable bonds is 6. The number of phenols is 1. The summed E-state index contributed by atoms with van der Waals surface area (Å²) in [6, 6.07) is 11.5. The Morgan fingerprint density at radius 3 is 2.45 bits per heavy atom. The smallest absolute Gasteiger partial charge is 0.326 e. The number of fused-ring (bicyclic) bond motifs is 1. The Kier molecular flexibility index (Phi) is 6.13. The number of nitrogens with zero attached hydrogens (tertiary/aromatic N) is 1. The minimum Gasteiger partial charge on any atom is -0.504 e. The number of hydrogen-bond donors (Lipinski definition) is 2. The topological polar surface area (TPSA) is 96.3 Å². The standard InChI is InChI=1S/C24H27NO6/c1-30-20-12-11-16-14-25(19(24(28)29)13-18(16)21(20)26)23(27)22(15-7-3-2-4-8-15)31-17-9-5-6-10-17/h2-4,7-8,11-12,17,19,22,26H,5-6,9-10,13-14H2,1H3,(H,28,29)/t19-,22-/m0/s1. The van der Waals surface area contributed by atoms with E-state index in [9.17, 15) is 19.8 Å². The highest BCUT2D eigenvalue weighted by atomic mass is 16.5. The van der Waals surface area contributed by atoms with E-state index in [-0.39, 0.29) is 36.5 Å². The van der Waals surface area contributed by atoms with Crippen molar-refractivity contribution >= 4 is 11.9 Å². The molecule has 164 valence electrons. The summed E-state index contributed by atoms with van der Waals surface area (Å²) in [4.78, 5) is 27.1. The molecule has 0 radical (unpaired) electrons. The lowest BCUT2D eigenvalue weighted by Gasteiger charge is -2.37. The molecule has 1 fully saturated rings. The number of carbonyl (C=O) groups is 2. The van der Waals surface area contributed by atoms with E-state index >= 15 is 0 Å². The Balaban J connectivity index is 1.68. The minimum atomic E-state index is -1.12. The maximum absolute atomic E-state index is 13.7. The van der Waals surface area contributed by atoms with E-state index in [1.807, 2.05) is 30.3 Å². The summed E-state index contributed by atoms with van der Waals surface area (Å²) in [6.07, 6.45) is 3.06. The van der Waals surface area contributed by atoms with Crippen LogP contribution in [-0.2, 0) is 27.3 Å². The van der Waals surface area contributed by atoms with Gasteiger partial charge in [-0.1, -0.05) is 49.2 Å². The lowest BCUT2D eigenvalue weighted by molar-refractivity contribution is -0.160. The number of ether oxygens (including phenoxy) is 2. The number of carboxylic acid groups (broad SMARTS) is 1. The highest BCUT2D eigenvalue weighted by Gasteiger charge is 2.40. The monoisotopic (exact) mass is 425 g/mol. The molecule has 1 heterocycles. The van der Waals surface area contributed by atoms with E-state index in [1.165, 1.54) is 12.0 Å². The molecule has 0 spiro atoms. The van der Waals surface area contributed by atoms with E-state index < -0.39 is 18.1 Å². The van der Waals surface area contributed by atoms with Crippen LogP contribution in [0.5, 0.6) is 11.5 Å². The zero-order valence-electron chi connectivity index (χ0n) is 17.5. The van der Waals surface area contributed by atoms with Crippen LogP contribution in [0.4, 0.5) is 0 Å². The molecule has 2 aromatic carbocycles. The third kappa shape index (κ3) is 4.23. The molecule has 2 aliphatic rings. The van der Waals surface area contributed by atoms with Gasteiger partial charge in [-0.3, -0.25) is 4.79 Å². The van der Waals surface area contributed by atoms with Crippen LogP contribution in [0.2, 0.25) is 0 Å². The van der Waals surface area contributed by atoms with Crippen LogP contribution >= 0.6 is 0 Å². The number of amides is 1. The maximum Gasteiger partial charge on any atom is 0.326 e. The van der Waals surface area contributed by atoms with Crippen LogP contribution in [0, 0.1) is 0 Å². The molecule has 2 N–H and O–H groups in total. The normalized spacial score (nSPS) is 19.6. The molecule has 4 rings (SSSR count). The molecule has 1 aliphatic carbocycles. The van der Waals surface area contributed by atoms with Crippen molar-refractivity contribution < 1.29 is 29.3 Å². The van der Waals surface area contributed by atoms with Crippen LogP contribution in [0.3, 0.4) is 0 Å². The first-order valence-electron chi connectivity index (χ1n) is 10.6. The lowest BCUT2D eigenvalue weighted by Crippen LogP contribution is -2.50. The van der Waals surface area contributed by atoms with Gasteiger partial charge in [-0.05, 0) is 30.0 Å². The van der Waals surface area contributed by atoms with Gasteiger partial charge in [0.05, 0.1) is 13.2 Å². The van der Waals surface area contributed by atoms with Gasteiger partial charge in [0.1, 0.15) is 6.04 Å². The van der Waals surface area contributed by atoms with Crippen LogP contribution in [0.1, 0.15) is 48.5 Å². The number of methoxy groups -OCH3 is 1. The van der Waals surface area contributed by atoms with E-state index in [2.05, 4.69) is 0 Å². The molecule has 2 atom stereocenters. The lowest BCUT2D eigenvalue weighted by atomic mass is 9.91. The number of hydrogen-bond acceptors (Lipinski definition) is 5. The number of aliphatic carboxylic acids is 1. The number of carbonyl (C=O) groups excluding carboxylic acids is 1. The average Bonchev–Trinajstić information content (AvgIpc) is 3.30. The minimum absolute atomic E-state index is 0.00434. The summed E-state index contributed by atoms with van der Waals surface area (Å²) < 4.78 is 11.4. The molecular formula is C24H27NO6. The van der Waals surface area contributed by atoms with Gasteiger partial charge in [0.2, 0.25) is 0 Å². The molecule has 7 heteroatoms. The molecule has 1 amide bonds. The molecular weight excluding hydrogens is 398 g/mol. The van der Waals surface area contributed by atoms with E-state index in [0.717, 1.165) is 25.7 Å². The van der Waals surface area contributed by atoms with Crippen LogP contribution in [0.25, 0.3) is 0 Å². The Morgan fingerprint density at radius 1 is 1.10 bits per heavy atom. The van der Waals surface area contributed by atoms with E-state index in [4.69, 9.17) is 9.47 Å². The fourth-order valence-corrected chi connectivity index (χ4v) is 4.52. The number of aromatic hydroxyl groups is 1. The first kappa shape index (κ1) is 21.2. The molecule has 0 saturated heterocycles. The zero-order valence-corrected chi connectivity index (χ0v) is 17.5. The van der Waals surface area contributed by atoms with Crippen molar-refractivity contribution in [3.05, 3.63) is 59.2 Å². The SMILES string of the molecule is COc1ccc2c(c1O)C[C@@H](C(=O)O)N(C(=O)[C@@H](OC1CCCC1)c1ccccc1)C2. The maximum atomic E-state index is 13.7. The highest BCUT2D eigenvalue weighted by molar-refractivity contribution is 5.88. The molecule has 0 bridgehead atoms. The summed E-state index contributed by atoms with van der Waals surface area (Å²) in [7, 11) is 1.44. The van der Waals surface area contributed by atoms with Gasteiger partial charge in [-0.25, -0.2) is 4.79 Å². The zero-order chi connectivity index (χ0) is 22.0. The Hall–Kier alpha value is -3.06. The van der Waals surface area contributed by atoms with Crippen molar-refractivity contribution in [2.75, 3.05) is 7.11 Å². The summed E-state index contributed by atoms with van der Waals surface area (Å²) >= 11 is 0. The molecule has 0 aromatic heterocycles. The van der Waals surface area contributed by atoms with Crippen LogP contribution in [0.15, 0.2) is 42.5 Å².